The molecule has 0 amide bonds. The summed E-state index contributed by atoms with van der Waals surface area (Å²) in [6.45, 7) is 6.53. The minimum atomic E-state index is -0.110. The lowest BCUT2D eigenvalue weighted by molar-refractivity contribution is 0.656. The lowest BCUT2D eigenvalue weighted by Gasteiger charge is -2.21. The monoisotopic (exact) mass is 300 g/mol. The highest BCUT2D eigenvalue weighted by Gasteiger charge is 2.39. The fraction of sp³-hybridized carbons (Fsp3) is 0.200. The zero-order valence-electron chi connectivity index (χ0n) is 13.3. The van der Waals surface area contributed by atoms with Crippen LogP contribution in [-0.2, 0) is 5.41 Å². The predicted octanol–water partition coefficient (Wildman–Crippen LogP) is 4.99. The second-order valence-electron chi connectivity index (χ2n) is 6.79. The summed E-state index contributed by atoms with van der Waals surface area (Å²) < 4.78 is 6.04. The zero-order valence-corrected chi connectivity index (χ0v) is 13.3. The Morgan fingerprint density at radius 3 is 2.70 bits per heavy atom. The van der Waals surface area contributed by atoms with E-state index in [0.717, 1.165) is 33.5 Å². The van der Waals surface area contributed by atoms with E-state index >= 15 is 0 Å². The molecule has 0 bridgehead atoms. The molecule has 0 N–H and O–H groups in total. The molecular formula is C20H16N2O. The van der Waals surface area contributed by atoms with Crippen LogP contribution in [0.4, 0.5) is 0 Å². The summed E-state index contributed by atoms with van der Waals surface area (Å²) in [4.78, 5) is 9.39. The fourth-order valence-electron chi connectivity index (χ4n) is 3.93. The first-order valence-corrected chi connectivity index (χ1v) is 7.86. The molecule has 0 saturated heterocycles. The van der Waals surface area contributed by atoms with Gasteiger partial charge in [0, 0.05) is 22.9 Å². The summed E-state index contributed by atoms with van der Waals surface area (Å²) in [6, 6.07) is 12.4. The molecule has 112 valence electrons. The first-order valence-electron chi connectivity index (χ1n) is 7.86. The molecule has 23 heavy (non-hydrogen) atoms. The van der Waals surface area contributed by atoms with Gasteiger partial charge in [-0.25, -0.2) is 4.98 Å². The maximum absolute atomic E-state index is 6.04. The molecule has 3 heteroatoms. The van der Waals surface area contributed by atoms with Crippen molar-refractivity contribution in [1.29, 1.82) is 0 Å². The Labute approximate surface area is 134 Å². The number of furan rings is 1. The summed E-state index contributed by atoms with van der Waals surface area (Å²) >= 11 is 0. The van der Waals surface area contributed by atoms with Crippen LogP contribution in [0.1, 0.15) is 30.7 Å². The van der Waals surface area contributed by atoms with Gasteiger partial charge >= 0.3 is 0 Å². The molecule has 0 unspecified atom stereocenters. The van der Waals surface area contributed by atoms with Gasteiger partial charge in [-0.15, -0.1) is 0 Å². The van der Waals surface area contributed by atoms with Crippen molar-refractivity contribution in [2.75, 3.05) is 0 Å². The van der Waals surface area contributed by atoms with Crippen molar-refractivity contribution in [3.8, 4) is 11.3 Å². The van der Waals surface area contributed by atoms with E-state index in [1.165, 1.54) is 16.7 Å². The summed E-state index contributed by atoms with van der Waals surface area (Å²) in [5, 5.41) is 1.13. The summed E-state index contributed by atoms with van der Waals surface area (Å²) in [5.74, 6) is 0. The van der Waals surface area contributed by atoms with Crippen molar-refractivity contribution in [3.63, 3.8) is 0 Å². The van der Waals surface area contributed by atoms with Crippen LogP contribution in [0.5, 0.6) is 0 Å². The summed E-state index contributed by atoms with van der Waals surface area (Å²) in [7, 11) is 0. The molecule has 5 rings (SSSR count). The first kappa shape index (κ1) is 12.8. The molecule has 1 aliphatic rings. The van der Waals surface area contributed by atoms with E-state index < -0.39 is 0 Å². The maximum Gasteiger partial charge on any atom is 0.153 e. The molecular weight excluding hydrogens is 284 g/mol. The molecule has 4 aromatic rings. The van der Waals surface area contributed by atoms with Crippen molar-refractivity contribution in [3.05, 3.63) is 59.4 Å². The smallest absolute Gasteiger partial charge is 0.153 e. The number of rotatable bonds is 0. The number of fused-ring (bicyclic) bond motifs is 7. The van der Waals surface area contributed by atoms with Crippen molar-refractivity contribution in [1.82, 2.24) is 9.97 Å². The molecule has 3 heterocycles. The molecule has 1 aliphatic carbocycles. The lowest BCUT2D eigenvalue weighted by atomic mass is 9.81. The number of hydrogen-bond donors (Lipinski definition) is 0. The van der Waals surface area contributed by atoms with Gasteiger partial charge in [0.25, 0.3) is 0 Å². The second kappa shape index (κ2) is 3.99. The maximum atomic E-state index is 6.04. The van der Waals surface area contributed by atoms with Crippen LogP contribution < -0.4 is 0 Å². The minimum Gasteiger partial charge on any atom is -0.454 e. The van der Waals surface area contributed by atoms with Gasteiger partial charge in [-0.05, 0) is 48.4 Å². The van der Waals surface area contributed by atoms with Gasteiger partial charge in [0.1, 0.15) is 11.1 Å². The Balaban J connectivity index is 2.02. The number of benzene rings is 1. The molecule has 1 aromatic carbocycles. The minimum absolute atomic E-state index is 0.110. The highest BCUT2D eigenvalue weighted by molar-refractivity contribution is 6.08. The van der Waals surface area contributed by atoms with Crippen molar-refractivity contribution in [2.24, 2.45) is 0 Å². The van der Waals surface area contributed by atoms with Crippen LogP contribution in [-0.4, -0.2) is 9.97 Å². The van der Waals surface area contributed by atoms with Crippen LogP contribution in [0.15, 0.2) is 47.0 Å². The van der Waals surface area contributed by atoms with Gasteiger partial charge in [-0.2, -0.15) is 0 Å². The van der Waals surface area contributed by atoms with Gasteiger partial charge in [-0.1, -0.05) is 19.9 Å². The average molecular weight is 300 g/mol. The van der Waals surface area contributed by atoms with E-state index in [1.54, 1.807) is 0 Å². The number of aryl methyl sites for hydroxylation is 1. The highest BCUT2D eigenvalue weighted by atomic mass is 16.3. The SMILES string of the molecule is Cc1ccc2oc3ccc4c(c3c2n1)C(C)(C)c1cccnc1-4. The van der Waals surface area contributed by atoms with Gasteiger partial charge in [0.15, 0.2) is 5.58 Å². The van der Waals surface area contributed by atoms with E-state index in [0.29, 0.717) is 0 Å². The molecule has 0 radical (unpaired) electrons. The Morgan fingerprint density at radius 1 is 1.00 bits per heavy atom. The van der Waals surface area contributed by atoms with Gasteiger partial charge < -0.3 is 4.42 Å². The molecule has 0 fully saturated rings. The van der Waals surface area contributed by atoms with Crippen LogP contribution in [0.2, 0.25) is 0 Å². The topological polar surface area (TPSA) is 38.9 Å². The van der Waals surface area contributed by atoms with E-state index in [9.17, 15) is 0 Å². The molecule has 3 nitrogen and oxygen atoms in total. The van der Waals surface area contributed by atoms with Gasteiger partial charge in [0.2, 0.25) is 0 Å². The number of pyridine rings is 2. The number of hydrogen-bond acceptors (Lipinski definition) is 3. The normalized spacial score (nSPS) is 15.1. The number of aromatic nitrogens is 2. The van der Waals surface area contributed by atoms with Crippen LogP contribution in [0, 0.1) is 6.92 Å². The summed E-state index contributed by atoms with van der Waals surface area (Å²) in [6.07, 6.45) is 1.87. The standard InChI is InChI=1S/C20H16N2O/c1-11-6-8-15-19(22-11)16-14(23-15)9-7-12-17(16)20(2,3)13-5-4-10-21-18(12)13/h4-10H,1-3H3. The predicted molar refractivity (Wildman–Crippen MR) is 91.6 cm³/mol. The van der Waals surface area contributed by atoms with Gasteiger partial charge in [-0.3, -0.25) is 4.98 Å². The Hall–Kier alpha value is -2.68. The van der Waals surface area contributed by atoms with Crippen molar-refractivity contribution in [2.45, 2.75) is 26.2 Å². The molecule has 0 atom stereocenters. The first-order chi connectivity index (χ1) is 11.1. The fourth-order valence-corrected chi connectivity index (χ4v) is 3.93. The van der Waals surface area contributed by atoms with Crippen LogP contribution >= 0.6 is 0 Å². The quantitative estimate of drug-likeness (QED) is 0.459. The van der Waals surface area contributed by atoms with E-state index in [4.69, 9.17) is 9.40 Å². The molecule has 0 aliphatic heterocycles. The van der Waals surface area contributed by atoms with E-state index in [1.807, 2.05) is 37.4 Å². The Kier molecular flexibility index (Phi) is 2.22. The van der Waals surface area contributed by atoms with Crippen molar-refractivity contribution < 1.29 is 4.42 Å². The molecule has 3 aromatic heterocycles. The third-order valence-electron chi connectivity index (χ3n) is 4.98. The zero-order chi connectivity index (χ0) is 15.8. The molecule has 0 spiro atoms. The van der Waals surface area contributed by atoms with Gasteiger partial charge in [0.05, 0.1) is 11.1 Å². The van der Waals surface area contributed by atoms with Crippen molar-refractivity contribution >= 4 is 22.1 Å². The average Bonchev–Trinajstić information content (AvgIpc) is 3.01. The largest absolute Gasteiger partial charge is 0.454 e. The number of nitrogens with zero attached hydrogens (tertiary/aromatic N) is 2. The molecule has 0 saturated carbocycles. The second-order valence-corrected chi connectivity index (χ2v) is 6.79. The van der Waals surface area contributed by atoms with E-state index in [2.05, 4.69) is 31.0 Å². The van der Waals surface area contributed by atoms with E-state index in [-0.39, 0.29) is 5.41 Å². The highest BCUT2D eigenvalue weighted by Crippen LogP contribution is 2.51. The third kappa shape index (κ3) is 1.49. The Bertz CT molecular complexity index is 1110. The van der Waals surface area contributed by atoms with Crippen LogP contribution in [0.25, 0.3) is 33.3 Å². The Morgan fingerprint density at radius 2 is 1.83 bits per heavy atom. The van der Waals surface area contributed by atoms with Crippen LogP contribution in [0.3, 0.4) is 0 Å². The summed E-state index contributed by atoms with van der Waals surface area (Å²) in [5.41, 5.74) is 8.42. The lowest BCUT2D eigenvalue weighted by Crippen LogP contribution is -2.15. The third-order valence-corrected chi connectivity index (χ3v) is 4.98.